The first kappa shape index (κ1) is 10.7. The molecule has 2 bridgehead atoms. The number of amides is 1. The van der Waals surface area contributed by atoms with E-state index >= 15 is 0 Å². The Kier molecular flexibility index (Phi) is 2.19. The van der Waals surface area contributed by atoms with Gasteiger partial charge in [0.2, 0.25) is 5.91 Å². The van der Waals surface area contributed by atoms with Crippen molar-refractivity contribution in [2.24, 2.45) is 11.1 Å². The highest BCUT2D eigenvalue weighted by Crippen LogP contribution is 2.52. The smallest absolute Gasteiger partial charge is 0.225 e. The number of carbonyl (C=O) groups is 1. The van der Waals surface area contributed by atoms with E-state index in [1.54, 1.807) is 18.6 Å². The highest BCUT2D eigenvalue weighted by Gasteiger charge is 2.54. The molecule has 1 aliphatic carbocycles. The van der Waals surface area contributed by atoms with Crippen LogP contribution in [0.2, 0.25) is 0 Å². The van der Waals surface area contributed by atoms with Gasteiger partial charge in [-0.25, -0.2) is 0 Å². The number of fused-ring (bicyclic) bond motifs is 3. The number of nitrogens with two attached hydrogens (primary N) is 1. The number of rotatable bonds is 2. The second kappa shape index (κ2) is 3.50. The highest BCUT2D eigenvalue weighted by molar-refractivity contribution is 5.81. The van der Waals surface area contributed by atoms with Gasteiger partial charge in [-0.1, -0.05) is 0 Å². The van der Waals surface area contributed by atoms with Crippen molar-refractivity contribution in [2.45, 2.75) is 31.3 Å². The third-order valence-corrected chi connectivity index (χ3v) is 4.19. The summed E-state index contributed by atoms with van der Waals surface area (Å²) < 4.78 is 5.91. The minimum atomic E-state index is -0.441. The first-order chi connectivity index (χ1) is 8.17. The summed E-state index contributed by atoms with van der Waals surface area (Å²) in [5, 5.41) is 0. The lowest BCUT2D eigenvalue weighted by Crippen LogP contribution is -2.55. The average molecular weight is 233 g/mol. The van der Waals surface area contributed by atoms with Crippen LogP contribution in [-0.2, 0) is 15.1 Å². The van der Waals surface area contributed by atoms with E-state index in [0.29, 0.717) is 6.61 Å². The molecule has 1 aromatic rings. The van der Waals surface area contributed by atoms with Crippen molar-refractivity contribution in [3.8, 4) is 0 Å². The van der Waals surface area contributed by atoms with Crippen molar-refractivity contribution in [1.29, 1.82) is 0 Å². The molecule has 5 nitrogen and oxygen atoms in total. The topological polar surface area (TPSA) is 78.1 Å². The summed E-state index contributed by atoms with van der Waals surface area (Å²) in [6.45, 7) is 0.416. The largest absolute Gasteiger partial charge is 0.369 e. The predicted molar refractivity (Wildman–Crippen MR) is 59.8 cm³/mol. The summed E-state index contributed by atoms with van der Waals surface area (Å²) in [5.74, 6) is -0.232. The van der Waals surface area contributed by atoms with Gasteiger partial charge in [-0.2, -0.15) is 0 Å². The van der Waals surface area contributed by atoms with Gasteiger partial charge < -0.3 is 10.5 Å². The highest BCUT2D eigenvalue weighted by atomic mass is 16.5. The van der Waals surface area contributed by atoms with E-state index in [9.17, 15) is 4.79 Å². The molecule has 3 fully saturated rings. The quantitative estimate of drug-likeness (QED) is 0.817. The lowest BCUT2D eigenvalue weighted by atomic mass is 9.65. The molecule has 0 atom stereocenters. The Morgan fingerprint density at radius 3 is 2.53 bits per heavy atom. The number of carbonyl (C=O) groups excluding carboxylic acids is 1. The normalized spacial score (nSPS) is 35.8. The van der Waals surface area contributed by atoms with Crippen LogP contribution in [0.5, 0.6) is 0 Å². The molecule has 0 aromatic carbocycles. The van der Waals surface area contributed by atoms with Crippen molar-refractivity contribution < 1.29 is 9.53 Å². The van der Waals surface area contributed by atoms with Crippen molar-refractivity contribution in [2.75, 3.05) is 6.61 Å². The molecule has 3 heterocycles. The number of aromatic nitrogens is 2. The summed E-state index contributed by atoms with van der Waals surface area (Å²) in [7, 11) is 0. The molecule has 0 spiro atoms. The fourth-order valence-electron chi connectivity index (χ4n) is 2.88. The number of nitrogens with zero attached hydrogens (tertiary/aromatic N) is 2. The van der Waals surface area contributed by atoms with Gasteiger partial charge in [0, 0.05) is 12.4 Å². The first-order valence-corrected chi connectivity index (χ1v) is 5.87. The van der Waals surface area contributed by atoms with Crippen LogP contribution in [0.25, 0.3) is 0 Å². The van der Waals surface area contributed by atoms with Crippen molar-refractivity contribution in [3.63, 3.8) is 0 Å². The number of primary amides is 1. The van der Waals surface area contributed by atoms with E-state index in [0.717, 1.165) is 31.4 Å². The fraction of sp³-hybridized carbons (Fsp3) is 0.583. The summed E-state index contributed by atoms with van der Waals surface area (Å²) in [6, 6.07) is 0. The molecule has 1 amide bonds. The Balaban J connectivity index is 1.89. The first-order valence-electron chi connectivity index (χ1n) is 5.87. The molecular formula is C12H15N3O2. The lowest BCUT2D eigenvalue weighted by Gasteiger charge is -2.51. The van der Waals surface area contributed by atoms with E-state index in [2.05, 4.69) is 9.97 Å². The lowest BCUT2D eigenvalue weighted by molar-refractivity contribution is -0.194. The van der Waals surface area contributed by atoms with Crippen molar-refractivity contribution in [3.05, 3.63) is 24.3 Å². The zero-order valence-electron chi connectivity index (χ0n) is 9.56. The maximum absolute atomic E-state index is 11.5. The molecule has 1 saturated carbocycles. The zero-order chi connectivity index (χ0) is 11.9. The number of hydrogen-bond acceptors (Lipinski definition) is 4. The molecule has 90 valence electrons. The maximum Gasteiger partial charge on any atom is 0.225 e. The van der Waals surface area contributed by atoms with Gasteiger partial charge in [-0.3, -0.25) is 14.8 Å². The Morgan fingerprint density at radius 2 is 2.06 bits per heavy atom. The van der Waals surface area contributed by atoms with Crippen LogP contribution < -0.4 is 5.73 Å². The van der Waals surface area contributed by atoms with Crippen molar-refractivity contribution >= 4 is 5.91 Å². The Bertz CT molecular complexity index is 422. The summed E-state index contributed by atoms with van der Waals surface area (Å²) in [5.41, 5.74) is 5.56. The van der Waals surface area contributed by atoms with E-state index < -0.39 is 5.41 Å². The Hall–Kier alpha value is -1.49. The second-order valence-electron chi connectivity index (χ2n) is 5.02. The minimum absolute atomic E-state index is 0.232. The SMILES string of the molecule is NC(=O)C12CCC(c3cnccn3)(CC1)OC2. The third-order valence-electron chi connectivity index (χ3n) is 4.19. The molecule has 2 aliphatic heterocycles. The van der Waals surface area contributed by atoms with E-state index in [1.165, 1.54) is 0 Å². The van der Waals surface area contributed by atoms with Crippen LogP contribution in [0, 0.1) is 5.41 Å². The molecular weight excluding hydrogens is 218 g/mol. The molecule has 2 saturated heterocycles. The molecule has 0 radical (unpaired) electrons. The summed E-state index contributed by atoms with van der Waals surface area (Å²) in [4.78, 5) is 19.9. The average Bonchev–Trinajstić information content (AvgIpc) is 2.42. The molecule has 2 N–H and O–H groups in total. The second-order valence-corrected chi connectivity index (χ2v) is 5.02. The van der Waals surface area contributed by atoms with E-state index in [4.69, 9.17) is 10.5 Å². The van der Waals surface area contributed by atoms with E-state index in [-0.39, 0.29) is 11.5 Å². The summed E-state index contributed by atoms with van der Waals surface area (Å²) in [6.07, 6.45) is 8.27. The van der Waals surface area contributed by atoms with Crippen LogP contribution >= 0.6 is 0 Å². The van der Waals surface area contributed by atoms with Crippen LogP contribution in [-0.4, -0.2) is 22.5 Å². The fourth-order valence-corrected chi connectivity index (χ4v) is 2.88. The van der Waals surface area contributed by atoms with Crippen LogP contribution in [0.3, 0.4) is 0 Å². The van der Waals surface area contributed by atoms with Gasteiger partial charge in [0.25, 0.3) is 0 Å². The Morgan fingerprint density at radius 1 is 1.29 bits per heavy atom. The molecule has 5 heteroatoms. The van der Waals surface area contributed by atoms with Gasteiger partial charge in [-0.05, 0) is 25.7 Å². The zero-order valence-corrected chi connectivity index (χ0v) is 9.56. The molecule has 17 heavy (non-hydrogen) atoms. The molecule has 4 rings (SSSR count). The molecule has 3 aliphatic rings. The van der Waals surface area contributed by atoms with Gasteiger partial charge >= 0.3 is 0 Å². The van der Waals surface area contributed by atoms with Gasteiger partial charge in [0.15, 0.2) is 0 Å². The molecule has 1 aromatic heterocycles. The Labute approximate surface area is 99.4 Å². The monoisotopic (exact) mass is 233 g/mol. The third kappa shape index (κ3) is 1.45. The number of ether oxygens (including phenoxy) is 1. The van der Waals surface area contributed by atoms with Crippen LogP contribution in [0.15, 0.2) is 18.6 Å². The van der Waals surface area contributed by atoms with Crippen molar-refractivity contribution in [1.82, 2.24) is 9.97 Å². The molecule has 0 unspecified atom stereocenters. The van der Waals surface area contributed by atoms with Crippen LogP contribution in [0.1, 0.15) is 31.4 Å². The van der Waals surface area contributed by atoms with E-state index in [1.807, 2.05) is 0 Å². The van der Waals surface area contributed by atoms with Gasteiger partial charge in [-0.15, -0.1) is 0 Å². The summed E-state index contributed by atoms with van der Waals surface area (Å²) >= 11 is 0. The van der Waals surface area contributed by atoms with Crippen LogP contribution in [0.4, 0.5) is 0 Å². The van der Waals surface area contributed by atoms with Gasteiger partial charge in [0.05, 0.1) is 23.9 Å². The standard InChI is InChI=1S/C12H15N3O2/c13-10(16)11-1-3-12(4-2-11,17-8-11)9-7-14-5-6-15-9/h5-7H,1-4,8H2,(H2,13,16). The number of hydrogen-bond donors (Lipinski definition) is 1. The predicted octanol–water partition coefficient (Wildman–Crippen LogP) is 0.748. The maximum atomic E-state index is 11.5. The van der Waals surface area contributed by atoms with Gasteiger partial charge in [0.1, 0.15) is 5.60 Å². The minimum Gasteiger partial charge on any atom is -0.369 e.